The number of aromatic hydroxyl groups is 1. The van der Waals surface area contributed by atoms with E-state index in [1.54, 1.807) is 17.8 Å². The fourth-order valence-corrected chi connectivity index (χ4v) is 5.66. The number of carbonyl (C=O) groups excluding carboxylic acids is 1. The molecule has 0 saturated carbocycles. The Bertz CT molecular complexity index is 1260. The first-order valence-electron chi connectivity index (χ1n) is 9.76. The molecule has 0 fully saturated rings. The average Bonchev–Trinajstić information content (AvgIpc) is 3.27. The summed E-state index contributed by atoms with van der Waals surface area (Å²) in [7, 11) is 0. The number of benzene rings is 3. The molecule has 1 heterocycles. The van der Waals surface area contributed by atoms with E-state index in [4.69, 9.17) is 0 Å². The van der Waals surface area contributed by atoms with Crippen molar-refractivity contribution < 1.29 is 9.90 Å². The number of nitrogens with one attached hydrogen (secondary N) is 1. The van der Waals surface area contributed by atoms with Crippen molar-refractivity contribution in [1.82, 2.24) is 15.6 Å². The van der Waals surface area contributed by atoms with Crippen LogP contribution in [-0.2, 0) is 10.5 Å². The Morgan fingerprint density at radius 3 is 2.62 bits per heavy atom. The number of carbonyl (C=O) groups is 1. The largest absolute Gasteiger partial charge is 0.507 e. The first kappa shape index (κ1) is 22.3. The zero-order chi connectivity index (χ0) is 22.3. The average molecular weight is 481 g/mol. The molecule has 0 spiro atoms. The Labute approximate surface area is 198 Å². The van der Waals surface area contributed by atoms with Gasteiger partial charge in [0.15, 0.2) is 8.68 Å². The third kappa shape index (κ3) is 5.87. The minimum absolute atomic E-state index is 0.112. The summed E-state index contributed by atoms with van der Waals surface area (Å²) in [6, 6.07) is 19.6. The number of nitrogens with zero attached hydrogens (tertiary/aromatic N) is 3. The normalized spacial score (nSPS) is 11.3. The Kier molecular flexibility index (Phi) is 7.41. The molecule has 1 aromatic heterocycles. The van der Waals surface area contributed by atoms with Crippen LogP contribution in [-0.4, -0.2) is 33.2 Å². The van der Waals surface area contributed by atoms with Crippen molar-refractivity contribution in [2.24, 2.45) is 5.10 Å². The molecule has 0 aliphatic heterocycles. The summed E-state index contributed by atoms with van der Waals surface area (Å²) in [6.07, 6.45) is 1.46. The predicted octanol–water partition coefficient (Wildman–Crippen LogP) is 5.24. The first-order chi connectivity index (χ1) is 15.6. The van der Waals surface area contributed by atoms with Gasteiger partial charge >= 0.3 is 0 Å². The van der Waals surface area contributed by atoms with Crippen LogP contribution in [0.25, 0.3) is 10.8 Å². The van der Waals surface area contributed by atoms with Crippen LogP contribution in [0.3, 0.4) is 0 Å². The molecule has 0 bridgehead atoms. The van der Waals surface area contributed by atoms with Gasteiger partial charge in [0.25, 0.3) is 5.91 Å². The number of thioether (sulfide) groups is 2. The molecule has 162 valence electrons. The van der Waals surface area contributed by atoms with E-state index in [2.05, 4.69) is 51.9 Å². The van der Waals surface area contributed by atoms with Crippen LogP contribution in [0.4, 0.5) is 0 Å². The summed E-state index contributed by atoms with van der Waals surface area (Å²) >= 11 is 4.43. The third-order valence-electron chi connectivity index (χ3n) is 4.53. The molecule has 0 aliphatic rings. The van der Waals surface area contributed by atoms with Crippen LogP contribution in [0.1, 0.15) is 16.7 Å². The third-order valence-corrected chi connectivity index (χ3v) is 7.79. The predicted molar refractivity (Wildman–Crippen MR) is 133 cm³/mol. The molecule has 0 radical (unpaired) electrons. The van der Waals surface area contributed by atoms with Crippen LogP contribution >= 0.6 is 34.9 Å². The lowest BCUT2D eigenvalue weighted by atomic mass is 10.0. The van der Waals surface area contributed by atoms with E-state index in [-0.39, 0.29) is 17.4 Å². The lowest BCUT2D eigenvalue weighted by Gasteiger charge is -2.04. The Hall–Kier alpha value is -2.88. The van der Waals surface area contributed by atoms with Crippen molar-refractivity contribution in [3.05, 3.63) is 77.4 Å². The Morgan fingerprint density at radius 2 is 1.81 bits per heavy atom. The lowest BCUT2D eigenvalue weighted by molar-refractivity contribution is -0.118. The van der Waals surface area contributed by atoms with Crippen molar-refractivity contribution in [2.75, 3.05) is 5.75 Å². The van der Waals surface area contributed by atoms with Gasteiger partial charge in [-0.25, -0.2) is 5.43 Å². The van der Waals surface area contributed by atoms with Crippen LogP contribution in [0.2, 0.25) is 0 Å². The summed E-state index contributed by atoms with van der Waals surface area (Å²) in [5.74, 6) is 0.863. The smallest absolute Gasteiger partial charge is 0.250 e. The molecular formula is C23H20N4O2S3. The molecule has 0 aliphatic carbocycles. The Morgan fingerprint density at radius 1 is 1.06 bits per heavy atom. The van der Waals surface area contributed by atoms with Gasteiger partial charge in [-0.1, -0.05) is 95.0 Å². The molecule has 0 atom stereocenters. The summed E-state index contributed by atoms with van der Waals surface area (Å²) in [6.45, 7) is 2.07. The highest BCUT2D eigenvalue weighted by atomic mass is 32.2. The van der Waals surface area contributed by atoms with Crippen molar-refractivity contribution in [1.29, 1.82) is 0 Å². The van der Waals surface area contributed by atoms with Gasteiger partial charge in [0.1, 0.15) is 5.75 Å². The highest BCUT2D eigenvalue weighted by molar-refractivity contribution is 8.03. The van der Waals surface area contributed by atoms with E-state index in [1.807, 2.05) is 30.3 Å². The summed E-state index contributed by atoms with van der Waals surface area (Å²) in [5, 5.41) is 24.3. The van der Waals surface area contributed by atoms with Gasteiger partial charge in [-0.2, -0.15) is 5.10 Å². The number of hydrazone groups is 1. The molecule has 6 nitrogen and oxygen atoms in total. The summed E-state index contributed by atoms with van der Waals surface area (Å²) in [5.41, 5.74) is 5.54. The molecule has 3 aromatic carbocycles. The maximum Gasteiger partial charge on any atom is 0.250 e. The van der Waals surface area contributed by atoms with Crippen LogP contribution < -0.4 is 5.43 Å². The second-order valence-corrected chi connectivity index (χ2v) is 10.3. The number of phenols is 1. The fourth-order valence-electron chi connectivity index (χ4n) is 2.89. The molecule has 2 N–H and O–H groups in total. The second kappa shape index (κ2) is 10.6. The summed E-state index contributed by atoms with van der Waals surface area (Å²) in [4.78, 5) is 12.1. The van der Waals surface area contributed by atoms with Crippen molar-refractivity contribution in [2.45, 2.75) is 21.4 Å². The van der Waals surface area contributed by atoms with E-state index < -0.39 is 0 Å². The number of hydrogen-bond acceptors (Lipinski definition) is 8. The van der Waals surface area contributed by atoms with Gasteiger partial charge in [-0.15, -0.1) is 10.2 Å². The highest BCUT2D eigenvalue weighted by Crippen LogP contribution is 2.30. The van der Waals surface area contributed by atoms with E-state index >= 15 is 0 Å². The molecule has 4 aromatic rings. The van der Waals surface area contributed by atoms with Crippen LogP contribution in [0.5, 0.6) is 5.75 Å². The number of aromatic nitrogens is 2. The maximum absolute atomic E-state index is 12.1. The van der Waals surface area contributed by atoms with E-state index in [9.17, 15) is 9.90 Å². The van der Waals surface area contributed by atoms with Gasteiger partial charge in [0, 0.05) is 11.3 Å². The van der Waals surface area contributed by atoms with E-state index in [0.29, 0.717) is 5.56 Å². The zero-order valence-corrected chi connectivity index (χ0v) is 19.6. The number of rotatable bonds is 8. The number of aryl methyl sites for hydroxylation is 1. The highest BCUT2D eigenvalue weighted by Gasteiger charge is 2.09. The van der Waals surface area contributed by atoms with Crippen LogP contribution in [0.15, 0.2) is 74.4 Å². The van der Waals surface area contributed by atoms with E-state index in [1.165, 1.54) is 40.4 Å². The minimum atomic E-state index is -0.255. The van der Waals surface area contributed by atoms with Gasteiger partial charge in [0.05, 0.1) is 12.0 Å². The molecule has 0 saturated heterocycles. The lowest BCUT2D eigenvalue weighted by Crippen LogP contribution is -2.19. The molecule has 32 heavy (non-hydrogen) atoms. The van der Waals surface area contributed by atoms with Crippen molar-refractivity contribution in [3.63, 3.8) is 0 Å². The number of amides is 1. The monoisotopic (exact) mass is 480 g/mol. The topological polar surface area (TPSA) is 87.5 Å². The molecular weight excluding hydrogens is 460 g/mol. The molecule has 9 heteroatoms. The minimum Gasteiger partial charge on any atom is -0.507 e. The van der Waals surface area contributed by atoms with Crippen molar-refractivity contribution >= 4 is 57.8 Å². The second-order valence-electron chi connectivity index (χ2n) is 6.91. The van der Waals surface area contributed by atoms with Gasteiger partial charge in [0.2, 0.25) is 0 Å². The summed E-state index contributed by atoms with van der Waals surface area (Å²) < 4.78 is 1.61. The fraction of sp³-hybridized carbons (Fsp3) is 0.130. The van der Waals surface area contributed by atoms with Gasteiger partial charge in [-0.3, -0.25) is 4.79 Å². The zero-order valence-electron chi connectivity index (χ0n) is 17.2. The maximum atomic E-state index is 12.1. The first-order valence-corrected chi connectivity index (χ1v) is 12.5. The van der Waals surface area contributed by atoms with Gasteiger partial charge < -0.3 is 5.11 Å². The molecule has 1 amide bonds. The molecule has 4 rings (SSSR count). The SMILES string of the molecule is Cc1ccc(CSc2nnc(SCC(=O)N/N=C\c3c(O)ccc4ccccc34)s2)cc1. The molecule has 0 unspecified atom stereocenters. The van der Waals surface area contributed by atoms with Crippen LogP contribution in [0, 0.1) is 6.92 Å². The van der Waals surface area contributed by atoms with Crippen molar-refractivity contribution in [3.8, 4) is 5.75 Å². The number of fused-ring (bicyclic) bond motifs is 1. The number of hydrogen-bond donors (Lipinski definition) is 2. The standard InChI is InChI=1S/C23H20N4O2S3/c1-15-6-8-16(9-7-15)13-30-22-26-27-23(32-22)31-14-21(29)25-24-12-19-18-5-3-2-4-17(18)10-11-20(19)28/h2-12,28H,13-14H2,1H3,(H,25,29)/b24-12-. The number of phenolic OH excluding ortho intramolecular Hbond substituents is 1. The van der Waals surface area contributed by atoms with E-state index in [0.717, 1.165) is 25.2 Å². The van der Waals surface area contributed by atoms with Gasteiger partial charge in [-0.05, 0) is 29.3 Å². The Balaban J connectivity index is 1.27. The quantitative estimate of drug-likeness (QED) is 0.204.